The van der Waals surface area contributed by atoms with Crippen LogP contribution in [0.15, 0.2) is 24.3 Å². The molecule has 0 unspecified atom stereocenters. The summed E-state index contributed by atoms with van der Waals surface area (Å²) in [4.78, 5) is 18.7. The van der Waals surface area contributed by atoms with Crippen molar-refractivity contribution in [3.05, 3.63) is 30.1 Å². The second kappa shape index (κ2) is 5.83. The van der Waals surface area contributed by atoms with E-state index in [0.29, 0.717) is 19.5 Å². The highest BCUT2D eigenvalue weighted by molar-refractivity contribution is 5.82. The van der Waals surface area contributed by atoms with Crippen LogP contribution in [0.2, 0.25) is 0 Å². The Balaban J connectivity index is 1.86. The molecule has 1 saturated heterocycles. The number of benzene rings is 1. The molecule has 112 valence electrons. The molecular formula is C15H20N4O2. The van der Waals surface area contributed by atoms with Gasteiger partial charge >= 0.3 is 0 Å². The minimum absolute atomic E-state index is 0.00550. The van der Waals surface area contributed by atoms with Gasteiger partial charge in [-0.3, -0.25) is 9.69 Å². The van der Waals surface area contributed by atoms with E-state index < -0.39 is 0 Å². The van der Waals surface area contributed by atoms with E-state index in [9.17, 15) is 4.79 Å². The van der Waals surface area contributed by atoms with Crippen molar-refractivity contribution in [1.82, 2.24) is 19.8 Å². The molecular weight excluding hydrogens is 268 g/mol. The summed E-state index contributed by atoms with van der Waals surface area (Å²) in [6.45, 7) is 2.05. The summed E-state index contributed by atoms with van der Waals surface area (Å²) in [6.07, 6.45) is 0.454. The fourth-order valence-electron chi connectivity index (χ4n) is 2.91. The van der Waals surface area contributed by atoms with Crippen LogP contribution < -0.4 is 5.32 Å². The zero-order valence-electron chi connectivity index (χ0n) is 12.1. The molecule has 0 bridgehead atoms. The summed E-state index contributed by atoms with van der Waals surface area (Å²) in [7, 11) is 2.00. The van der Waals surface area contributed by atoms with Crippen molar-refractivity contribution in [2.75, 3.05) is 19.7 Å². The number of aryl methyl sites for hydroxylation is 1. The van der Waals surface area contributed by atoms with Crippen LogP contribution in [0.1, 0.15) is 12.2 Å². The van der Waals surface area contributed by atoms with Crippen molar-refractivity contribution in [1.29, 1.82) is 0 Å². The van der Waals surface area contributed by atoms with Gasteiger partial charge in [0.25, 0.3) is 0 Å². The van der Waals surface area contributed by atoms with Crippen molar-refractivity contribution < 1.29 is 9.90 Å². The predicted molar refractivity (Wildman–Crippen MR) is 79.6 cm³/mol. The van der Waals surface area contributed by atoms with Gasteiger partial charge in [-0.2, -0.15) is 0 Å². The highest BCUT2D eigenvalue weighted by Crippen LogP contribution is 2.18. The van der Waals surface area contributed by atoms with Crippen LogP contribution in [0, 0.1) is 0 Å². The number of aromatic nitrogens is 2. The number of fused-ring (bicyclic) bond motifs is 1. The Labute approximate surface area is 123 Å². The molecule has 1 aromatic carbocycles. The molecule has 0 saturated carbocycles. The molecule has 2 aromatic rings. The highest BCUT2D eigenvalue weighted by atomic mass is 16.3. The molecule has 3 rings (SSSR count). The van der Waals surface area contributed by atoms with Gasteiger partial charge in [0.15, 0.2) is 0 Å². The Morgan fingerprint density at radius 3 is 3.00 bits per heavy atom. The molecule has 1 atom stereocenters. The third kappa shape index (κ3) is 2.64. The molecule has 21 heavy (non-hydrogen) atoms. The number of rotatable bonds is 4. The number of para-hydroxylation sites is 2. The van der Waals surface area contributed by atoms with Gasteiger partial charge in [0.2, 0.25) is 5.91 Å². The number of hydrogen-bond acceptors (Lipinski definition) is 4. The fraction of sp³-hybridized carbons (Fsp3) is 0.467. The number of carbonyl (C=O) groups excluding carboxylic acids is 1. The molecule has 6 nitrogen and oxygen atoms in total. The molecule has 1 aromatic heterocycles. The number of nitrogens with one attached hydrogen (secondary N) is 1. The molecule has 0 aliphatic carbocycles. The smallest absolute Gasteiger partial charge is 0.237 e. The van der Waals surface area contributed by atoms with Crippen molar-refractivity contribution in [3.8, 4) is 0 Å². The van der Waals surface area contributed by atoms with E-state index in [1.165, 1.54) is 0 Å². The molecule has 2 heterocycles. The summed E-state index contributed by atoms with van der Waals surface area (Å²) < 4.78 is 2.07. The first kappa shape index (κ1) is 14.0. The van der Waals surface area contributed by atoms with Gasteiger partial charge < -0.3 is 15.0 Å². The highest BCUT2D eigenvalue weighted by Gasteiger charge is 2.29. The Morgan fingerprint density at radius 2 is 2.24 bits per heavy atom. The van der Waals surface area contributed by atoms with E-state index in [1.807, 2.05) is 31.3 Å². The van der Waals surface area contributed by atoms with E-state index in [-0.39, 0.29) is 18.6 Å². The van der Waals surface area contributed by atoms with Gasteiger partial charge in [0, 0.05) is 26.7 Å². The van der Waals surface area contributed by atoms with Gasteiger partial charge in [0.05, 0.1) is 23.6 Å². The lowest BCUT2D eigenvalue weighted by Crippen LogP contribution is -2.55. The number of aliphatic hydroxyl groups excluding tert-OH is 1. The first-order valence-electron chi connectivity index (χ1n) is 7.23. The van der Waals surface area contributed by atoms with E-state index >= 15 is 0 Å². The van der Waals surface area contributed by atoms with Crippen LogP contribution in [0.4, 0.5) is 0 Å². The van der Waals surface area contributed by atoms with E-state index in [2.05, 4.69) is 19.8 Å². The van der Waals surface area contributed by atoms with Gasteiger partial charge in [0.1, 0.15) is 5.82 Å². The monoisotopic (exact) mass is 288 g/mol. The number of piperazine rings is 1. The maximum absolute atomic E-state index is 12.0. The Bertz CT molecular complexity index is 652. The lowest BCUT2D eigenvalue weighted by atomic mass is 10.1. The van der Waals surface area contributed by atoms with Crippen molar-refractivity contribution in [3.63, 3.8) is 0 Å². The van der Waals surface area contributed by atoms with Crippen molar-refractivity contribution >= 4 is 16.9 Å². The van der Waals surface area contributed by atoms with Crippen LogP contribution in [0.25, 0.3) is 11.0 Å². The lowest BCUT2D eigenvalue weighted by molar-refractivity contribution is -0.130. The molecule has 0 spiro atoms. The zero-order chi connectivity index (χ0) is 14.8. The summed E-state index contributed by atoms with van der Waals surface area (Å²) >= 11 is 0. The topological polar surface area (TPSA) is 70.4 Å². The summed E-state index contributed by atoms with van der Waals surface area (Å²) in [6, 6.07) is 7.73. The van der Waals surface area contributed by atoms with E-state index in [1.54, 1.807) is 0 Å². The van der Waals surface area contributed by atoms with Crippen molar-refractivity contribution in [2.45, 2.75) is 19.0 Å². The number of amides is 1. The molecule has 6 heteroatoms. The predicted octanol–water partition coefficient (Wildman–Crippen LogP) is 0.256. The molecule has 1 amide bonds. The van der Waals surface area contributed by atoms with Crippen molar-refractivity contribution in [2.24, 2.45) is 7.05 Å². The summed E-state index contributed by atoms with van der Waals surface area (Å²) in [5.74, 6) is 0.933. The quantitative estimate of drug-likeness (QED) is 0.846. The molecule has 0 radical (unpaired) electrons. The second-order valence-corrected chi connectivity index (χ2v) is 5.37. The maximum Gasteiger partial charge on any atom is 0.237 e. The minimum atomic E-state index is -0.274. The number of carbonyl (C=O) groups is 1. The first-order valence-corrected chi connectivity index (χ1v) is 7.23. The van der Waals surface area contributed by atoms with Crippen LogP contribution in [0.5, 0.6) is 0 Å². The third-order valence-electron chi connectivity index (χ3n) is 4.07. The minimum Gasteiger partial charge on any atom is -0.396 e. The normalized spacial score (nSPS) is 19.9. The van der Waals surface area contributed by atoms with Gasteiger partial charge in [-0.25, -0.2) is 4.98 Å². The van der Waals surface area contributed by atoms with Crippen LogP contribution in [-0.2, 0) is 18.4 Å². The Morgan fingerprint density at radius 1 is 1.43 bits per heavy atom. The number of nitrogens with zero attached hydrogens (tertiary/aromatic N) is 3. The molecule has 1 fully saturated rings. The second-order valence-electron chi connectivity index (χ2n) is 5.37. The van der Waals surface area contributed by atoms with Crippen LogP contribution in [0.3, 0.4) is 0 Å². The maximum atomic E-state index is 12.0. The van der Waals surface area contributed by atoms with Gasteiger partial charge in [-0.1, -0.05) is 12.1 Å². The summed E-state index contributed by atoms with van der Waals surface area (Å²) in [5.41, 5.74) is 2.06. The first-order chi connectivity index (χ1) is 10.2. The van der Waals surface area contributed by atoms with E-state index in [0.717, 1.165) is 23.4 Å². The summed E-state index contributed by atoms with van der Waals surface area (Å²) in [5, 5.41) is 12.0. The lowest BCUT2D eigenvalue weighted by Gasteiger charge is -2.34. The molecule has 1 aliphatic rings. The standard InChI is InChI=1S/C15H20N4O2/c1-18-12-5-3-2-4-11(12)17-14(18)10-19-8-7-16-15(21)13(19)6-9-20/h2-5,13,20H,6-10H2,1H3,(H,16,21)/t13-/m0/s1. The molecule has 1 aliphatic heterocycles. The number of imidazole rings is 1. The number of aliphatic hydroxyl groups is 1. The van der Waals surface area contributed by atoms with Crippen LogP contribution >= 0.6 is 0 Å². The van der Waals surface area contributed by atoms with E-state index in [4.69, 9.17) is 5.11 Å². The van der Waals surface area contributed by atoms with Crippen LogP contribution in [-0.4, -0.2) is 51.2 Å². The Hall–Kier alpha value is -1.92. The third-order valence-corrected chi connectivity index (χ3v) is 4.07. The average molecular weight is 288 g/mol. The zero-order valence-corrected chi connectivity index (χ0v) is 12.1. The largest absolute Gasteiger partial charge is 0.396 e. The fourth-order valence-corrected chi connectivity index (χ4v) is 2.91. The van der Waals surface area contributed by atoms with Gasteiger partial charge in [-0.05, 0) is 18.6 Å². The van der Waals surface area contributed by atoms with Gasteiger partial charge in [-0.15, -0.1) is 0 Å². The number of hydrogen-bond donors (Lipinski definition) is 2. The average Bonchev–Trinajstić information content (AvgIpc) is 2.80. The SMILES string of the molecule is Cn1c(CN2CCNC(=O)[C@@H]2CCO)nc2ccccc21. The Kier molecular flexibility index (Phi) is 3.90. The molecule has 2 N–H and O–H groups in total.